The molecule has 2 rings (SSSR count). The Morgan fingerprint density at radius 1 is 1.50 bits per heavy atom. The number of nitrogens with two attached hydrogens (primary N) is 1. The van der Waals surface area contributed by atoms with Gasteiger partial charge in [-0.05, 0) is 36.8 Å². The summed E-state index contributed by atoms with van der Waals surface area (Å²) in [5, 5.41) is 0. The van der Waals surface area contributed by atoms with Crippen LogP contribution in [0, 0.1) is 11.7 Å². The first-order valence-electron chi connectivity index (χ1n) is 7.36. The van der Waals surface area contributed by atoms with Crippen molar-refractivity contribution in [2.24, 2.45) is 11.8 Å². The molecule has 20 heavy (non-hydrogen) atoms. The highest BCUT2D eigenvalue weighted by molar-refractivity contribution is 5.19. The number of halogens is 1. The van der Waals surface area contributed by atoms with Crippen molar-refractivity contribution in [3.05, 3.63) is 35.6 Å². The fourth-order valence-corrected chi connectivity index (χ4v) is 3.47. The summed E-state index contributed by atoms with van der Waals surface area (Å²) < 4.78 is 19.7. The van der Waals surface area contributed by atoms with Crippen LogP contribution in [-0.4, -0.2) is 18.8 Å². The number of nitrogens with one attached hydrogen (secondary N) is 1. The zero-order chi connectivity index (χ0) is 14.6. The second-order valence-electron chi connectivity index (χ2n) is 5.99. The minimum absolute atomic E-state index is 0.0767. The number of hydrogen-bond acceptors (Lipinski definition) is 3. The topological polar surface area (TPSA) is 47.3 Å². The molecule has 1 aromatic carbocycles. The maximum absolute atomic E-state index is 13.8. The number of rotatable bonds is 5. The molecule has 1 aromatic rings. The zero-order valence-corrected chi connectivity index (χ0v) is 12.4. The molecule has 3 unspecified atom stereocenters. The van der Waals surface area contributed by atoms with Gasteiger partial charge in [-0.2, -0.15) is 0 Å². The van der Waals surface area contributed by atoms with Crippen molar-refractivity contribution in [3.8, 4) is 0 Å². The Labute approximate surface area is 120 Å². The van der Waals surface area contributed by atoms with E-state index in [0.717, 1.165) is 19.3 Å². The van der Waals surface area contributed by atoms with Gasteiger partial charge in [-0.15, -0.1) is 0 Å². The van der Waals surface area contributed by atoms with Crippen LogP contribution in [0.3, 0.4) is 0 Å². The van der Waals surface area contributed by atoms with Crippen LogP contribution in [0.25, 0.3) is 0 Å². The van der Waals surface area contributed by atoms with Crippen molar-refractivity contribution in [2.75, 3.05) is 7.11 Å². The van der Waals surface area contributed by atoms with Gasteiger partial charge < -0.3 is 4.74 Å². The van der Waals surface area contributed by atoms with Crippen molar-refractivity contribution >= 4 is 0 Å². The van der Waals surface area contributed by atoms with Crippen LogP contribution in [0.4, 0.5) is 4.39 Å². The van der Waals surface area contributed by atoms with Gasteiger partial charge in [-0.1, -0.05) is 38.0 Å². The molecule has 1 aliphatic carbocycles. The number of ether oxygens (including phenoxy) is 1. The van der Waals surface area contributed by atoms with E-state index >= 15 is 0 Å². The van der Waals surface area contributed by atoms with E-state index in [2.05, 4.69) is 12.3 Å². The van der Waals surface area contributed by atoms with Gasteiger partial charge in [0.25, 0.3) is 0 Å². The summed E-state index contributed by atoms with van der Waals surface area (Å²) in [4.78, 5) is 0. The standard InChI is InChI=1S/C16H25FN2O/c1-12-6-5-9-16(11-12,20-2)15(19-18)10-13-7-3-4-8-14(13)17/h3-4,7-8,12,15,19H,5-6,9-11,18H2,1-2H3. The fourth-order valence-electron chi connectivity index (χ4n) is 3.47. The van der Waals surface area contributed by atoms with Gasteiger partial charge in [0.2, 0.25) is 0 Å². The summed E-state index contributed by atoms with van der Waals surface area (Å²) in [5.74, 6) is 6.19. The molecule has 1 aliphatic rings. The Kier molecular flexibility index (Phi) is 5.13. The highest BCUT2D eigenvalue weighted by Gasteiger charge is 2.41. The maximum atomic E-state index is 13.8. The third-order valence-electron chi connectivity index (χ3n) is 4.62. The predicted molar refractivity (Wildman–Crippen MR) is 78.6 cm³/mol. The van der Waals surface area contributed by atoms with Crippen molar-refractivity contribution in [3.63, 3.8) is 0 Å². The molecule has 3 atom stereocenters. The summed E-state index contributed by atoms with van der Waals surface area (Å²) in [6, 6.07) is 6.79. The summed E-state index contributed by atoms with van der Waals surface area (Å²) >= 11 is 0. The van der Waals surface area contributed by atoms with Crippen molar-refractivity contribution in [1.82, 2.24) is 5.43 Å². The Bertz CT molecular complexity index is 440. The average Bonchev–Trinajstić information content (AvgIpc) is 2.46. The van der Waals surface area contributed by atoms with E-state index in [9.17, 15) is 4.39 Å². The molecule has 0 aromatic heterocycles. The molecule has 0 bridgehead atoms. The van der Waals surface area contributed by atoms with Crippen LogP contribution >= 0.6 is 0 Å². The lowest BCUT2D eigenvalue weighted by Gasteiger charge is -2.44. The molecule has 3 nitrogen and oxygen atoms in total. The minimum Gasteiger partial charge on any atom is -0.377 e. The first-order chi connectivity index (χ1) is 9.61. The maximum Gasteiger partial charge on any atom is 0.126 e. The molecule has 1 saturated carbocycles. The zero-order valence-electron chi connectivity index (χ0n) is 12.4. The fraction of sp³-hybridized carbons (Fsp3) is 0.625. The Morgan fingerprint density at radius 3 is 2.85 bits per heavy atom. The molecule has 0 spiro atoms. The van der Waals surface area contributed by atoms with E-state index in [0.29, 0.717) is 17.9 Å². The second-order valence-corrected chi connectivity index (χ2v) is 5.99. The molecule has 0 radical (unpaired) electrons. The van der Waals surface area contributed by atoms with E-state index in [-0.39, 0.29) is 17.5 Å². The lowest BCUT2D eigenvalue weighted by atomic mass is 9.73. The van der Waals surface area contributed by atoms with Crippen LogP contribution < -0.4 is 11.3 Å². The third kappa shape index (κ3) is 3.19. The molecule has 4 heteroatoms. The number of benzene rings is 1. The van der Waals surface area contributed by atoms with E-state index in [4.69, 9.17) is 10.6 Å². The molecule has 0 aliphatic heterocycles. The van der Waals surface area contributed by atoms with Crippen molar-refractivity contribution < 1.29 is 9.13 Å². The molecule has 112 valence electrons. The Morgan fingerprint density at radius 2 is 2.25 bits per heavy atom. The Balaban J connectivity index is 2.19. The number of hydrogen-bond donors (Lipinski definition) is 2. The van der Waals surface area contributed by atoms with Gasteiger partial charge >= 0.3 is 0 Å². The first kappa shape index (κ1) is 15.4. The van der Waals surface area contributed by atoms with Crippen molar-refractivity contribution in [2.45, 2.75) is 50.7 Å². The molecule has 1 fully saturated rings. The molecule has 0 amide bonds. The van der Waals surface area contributed by atoms with Crippen molar-refractivity contribution in [1.29, 1.82) is 0 Å². The summed E-state index contributed by atoms with van der Waals surface area (Å²) in [6.07, 6.45) is 4.83. The van der Waals surface area contributed by atoms with Crippen LogP contribution in [0.1, 0.15) is 38.2 Å². The monoisotopic (exact) mass is 280 g/mol. The third-order valence-corrected chi connectivity index (χ3v) is 4.62. The largest absolute Gasteiger partial charge is 0.377 e. The Hall–Kier alpha value is -0.970. The number of hydrazine groups is 1. The highest BCUT2D eigenvalue weighted by atomic mass is 19.1. The van der Waals surface area contributed by atoms with E-state index in [1.54, 1.807) is 13.2 Å². The molecular weight excluding hydrogens is 255 g/mol. The first-order valence-corrected chi connectivity index (χ1v) is 7.36. The minimum atomic E-state index is -0.297. The highest BCUT2D eigenvalue weighted by Crippen LogP contribution is 2.38. The molecule has 3 N–H and O–H groups in total. The van der Waals surface area contributed by atoms with Gasteiger partial charge in [-0.25, -0.2) is 4.39 Å². The van der Waals surface area contributed by atoms with Crippen LogP contribution in [-0.2, 0) is 11.2 Å². The van der Waals surface area contributed by atoms with Gasteiger partial charge in [0.15, 0.2) is 0 Å². The van der Waals surface area contributed by atoms with E-state index in [1.165, 1.54) is 12.5 Å². The number of methoxy groups -OCH3 is 1. The summed E-state index contributed by atoms with van der Waals surface area (Å²) in [5.41, 5.74) is 3.26. The normalized spacial score (nSPS) is 28.3. The SMILES string of the molecule is COC1(C(Cc2ccccc2F)NN)CCCC(C)C1. The average molecular weight is 280 g/mol. The second kappa shape index (κ2) is 6.66. The van der Waals surface area contributed by atoms with E-state index < -0.39 is 0 Å². The lowest BCUT2D eigenvalue weighted by Crippen LogP contribution is -2.57. The van der Waals surface area contributed by atoms with Gasteiger partial charge in [0, 0.05) is 7.11 Å². The summed E-state index contributed by atoms with van der Waals surface area (Å²) in [7, 11) is 1.74. The van der Waals surface area contributed by atoms with Crippen LogP contribution in [0.5, 0.6) is 0 Å². The van der Waals surface area contributed by atoms with Crippen LogP contribution in [0.2, 0.25) is 0 Å². The van der Waals surface area contributed by atoms with Crippen LogP contribution in [0.15, 0.2) is 24.3 Å². The quantitative estimate of drug-likeness (QED) is 0.644. The lowest BCUT2D eigenvalue weighted by molar-refractivity contribution is -0.0792. The molecular formula is C16H25FN2O. The summed E-state index contributed by atoms with van der Waals surface area (Å²) in [6.45, 7) is 2.24. The van der Waals surface area contributed by atoms with E-state index in [1.807, 2.05) is 12.1 Å². The molecule has 0 heterocycles. The van der Waals surface area contributed by atoms with Gasteiger partial charge in [0.1, 0.15) is 5.82 Å². The smallest absolute Gasteiger partial charge is 0.126 e. The van der Waals surface area contributed by atoms with Gasteiger partial charge in [-0.3, -0.25) is 11.3 Å². The predicted octanol–water partition coefficient (Wildman–Crippen LogP) is 2.80. The molecule has 0 saturated heterocycles. The van der Waals surface area contributed by atoms with Gasteiger partial charge in [0.05, 0.1) is 11.6 Å².